The van der Waals surface area contributed by atoms with Crippen LogP contribution in [0.2, 0.25) is 0 Å². The molecular weight excluding hydrogens is 406 g/mol. The number of nitrogens with one attached hydrogen (secondary N) is 2. The molecule has 2 aromatic heterocycles. The zero-order valence-corrected chi connectivity index (χ0v) is 19.0. The first-order chi connectivity index (χ1) is 13.8. The van der Waals surface area contributed by atoms with Crippen molar-refractivity contribution in [1.29, 1.82) is 0 Å². The van der Waals surface area contributed by atoms with Crippen LogP contribution in [0.1, 0.15) is 46.9 Å². The van der Waals surface area contributed by atoms with Crippen molar-refractivity contribution < 1.29 is 14.3 Å². The fourth-order valence-electron chi connectivity index (χ4n) is 3.12. The molecule has 0 unspecified atom stereocenters. The van der Waals surface area contributed by atoms with E-state index in [9.17, 15) is 9.59 Å². The zero-order chi connectivity index (χ0) is 21.0. The summed E-state index contributed by atoms with van der Waals surface area (Å²) in [4.78, 5) is 29.3. The lowest BCUT2D eigenvalue weighted by molar-refractivity contribution is -0.123. The van der Waals surface area contributed by atoms with Gasteiger partial charge in [0, 0.05) is 29.9 Å². The van der Waals surface area contributed by atoms with E-state index in [1.165, 1.54) is 16.2 Å². The van der Waals surface area contributed by atoms with Gasteiger partial charge in [-0.15, -0.1) is 22.7 Å². The molecule has 0 bridgehead atoms. The van der Waals surface area contributed by atoms with Gasteiger partial charge >= 0.3 is 0 Å². The number of ether oxygens (including phenoxy) is 1. The highest BCUT2D eigenvalue weighted by Gasteiger charge is 2.26. The predicted octanol–water partition coefficient (Wildman–Crippen LogP) is 3.91. The number of hydrogen-bond acceptors (Lipinski definition) is 6. The average molecular weight is 436 g/mol. The number of hydrogen-bond donors (Lipinski definition) is 2. The maximum atomic E-state index is 12.9. The van der Waals surface area contributed by atoms with E-state index in [2.05, 4.69) is 27.0 Å². The molecule has 0 aromatic carbocycles. The summed E-state index contributed by atoms with van der Waals surface area (Å²) in [6, 6.07) is 6.17. The molecule has 1 fully saturated rings. The Hall–Kier alpha value is -1.74. The van der Waals surface area contributed by atoms with Gasteiger partial charge in [-0.1, -0.05) is 26.8 Å². The molecule has 0 radical (unpaired) electrons. The van der Waals surface area contributed by atoms with Crippen LogP contribution in [0.3, 0.4) is 0 Å². The molecule has 8 heteroatoms. The van der Waals surface area contributed by atoms with Gasteiger partial charge < -0.3 is 15.4 Å². The number of morpholine rings is 1. The van der Waals surface area contributed by atoms with Crippen molar-refractivity contribution in [3.8, 4) is 0 Å². The lowest BCUT2D eigenvalue weighted by Crippen LogP contribution is -2.43. The van der Waals surface area contributed by atoms with Crippen LogP contribution in [0.4, 0.5) is 5.00 Å². The monoisotopic (exact) mass is 435 g/mol. The Balaban J connectivity index is 1.66. The van der Waals surface area contributed by atoms with E-state index < -0.39 is 5.41 Å². The average Bonchev–Trinajstić information content (AvgIpc) is 3.32. The molecule has 1 aliphatic heterocycles. The van der Waals surface area contributed by atoms with Crippen LogP contribution in [0.5, 0.6) is 0 Å². The Bertz CT molecular complexity index is 834. The standard InChI is InChI=1S/C21H29N3O3S2/c1-14-12-17(23-20(26)21(2,3)4)29-18(14)19(25)22-13-15(16-6-5-11-28-16)24-7-9-27-10-8-24/h5-6,11-12,15H,7-10,13H2,1-4H3,(H,22,25)(H,23,26)/t15-/m1/s1. The predicted molar refractivity (Wildman–Crippen MR) is 119 cm³/mol. The lowest BCUT2D eigenvalue weighted by atomic mass is 9.96. The van der Waals surface area contributed by atoms with E-state index in [0.29, 0.717) is 16.4 Å². The van der Waals surface area contributed by atoms with Crippen LogP contribution < -0.4 is 10.6 Å². The summed E-state index contributed by atoms with van der Waals surface area (Å²) in [6.07, 6.45) is 0. The van der Waals surface area contributed by atoms with Crippen LogP contribution in [0, 0.1) is 12.3 Å². The highest BCUT2D eigenvalue weighted by Crippen LogP contribution is 2.29. The van der Waals surface area contributed by atoms with Gasteiger partial charge in [0.2, 0.25) is 5.91 Å². The van der Waals surface area contributed by atoms with Crippen LogP contribution >= 0.6 is 22.7 Å². The van der Waals surface area contributed by atoms with Gasteiger partial charge in [-0.05, 0) is 30.0 Å². The van der Waals surface area contributed by atoms with Crippen molar-refractivity contribution >= 4 is 39.5 Å². The summed E-state index contributed by atoms with van der Waals surface area (Å²) < 4.78 is 5.48. The molecular formula is C21H29N3O3S2. The van der Waals surface area contributed by atoms with E-state index >= 15 is 0 Å². The summed E-state index contributed by atoms with van der Waals surface area (Å²) in [7, 11) is 0. The van der Waals surface area contributed by atoms with E-state index in [0.717, 1.165) is 31.9 Å². The van der Waals surface area contributed by atoms with Gasteiger partial charge in [-0.25, -0.2) is 0 Å². The number of nitrogens with zero attached hydrogens (tertiary/aromatic N) is 1. The second-order valence-electron chi connectivity index (χ2n) is 8.22. The molecule has 6 nitrogen and oxygen atoms in total. The van der Waals surface area contributed by atoms with Crippen molar-refractivity contribution in [2.45, 2.75) is 33.7 Å². The Morgan fingerprint density at radius 3 is 2.62 bits per heavy atom. The second kappa shape index (κ2) is 9.38. The fourth-order valence-corrected chi connectivity index (χ4v) is 4.96. The number of aryl methyl sites for hydroxylation is 1. The maximum Gasteiger partial charge on any atom is 0.261 e. The van der Waals surface area contributed by atoms with Crippen LogP contribution in [0.15, 0.2) is 23.6 Å². The van der Waals surface area contributed by atoms with Gasteiger partial charge in [0.05, 0.1) is 29.1 Å². The molecule has 3 heterocycles. The zero-order valence-electron chi connectivity index (χ0n) is 17.4. The molecule has 1 aliphatic rings. The molecule has 158 valence electrons. The maximum absolute atomic E-state index is 12.9. The van der Waals surface area contributed by atoms with Crippen molar-refractivity contribution in [3.05, 3.63) is 38.9 Å². The normalized spacial score (nSPS) is 16.4. The summed E-state index contributed by atoms with van der Waals surface area (Å²) in [5, 5.41) is 8.79. The van der Waals surface area contributed by atoms with Crippen molar-refractivity contribution in [1.82, 2.24) is 10.2 Å². The number of amides is 2. The molecule has 2 N–H and O–H groups in total. The Labute approximate surface area is 180 Å². The SMILES string of the molecule is Cc1cc(NC(=O)C(C)(C)C)sc1C(=O)NC[C@H](c1cccs1)N1CCOCC1. The first-order valence-electron chi connectivity index (χ1n) is 9.81. The quantitative estimate of drug-likeness (QED) is 0.722. The van der Waals surface area contributed by atoms with Crippen LogP contribution in [-0.4, -0.2) is 49.6 Å². The minimum absolute atomic E-state index is 0.0595. The molecule has 1 atom stereocenters. The van der Waals surface area contributed by atoms with E-state index in [4.69, 9.17) is 4.74 Å². The van der Waals surface area contributed by atoms with Crippen molar-refractivity contribution in [2.75, 3.05) is 38.2 Å². The fraction of sp³-hybridized carbons (Fsp3) is 0.524. The molecule has 0 spiro atoms. The Morgan fingerprint density at radius 2 is 2.00 bits per heavy atom. The molecule has 3 rings (SSSR count). The third-order valence-corrected chi connectivity index (χ3v) is 6.98. The Kier molecular flexibility index (Phi) is 7.10. The minimum Gasteiger partial charge on any atom is -0.379 e. The highest BCUT2D eigenvalue weighted by molar-refractivity contribution is 7.18. The Morgan fingerprint density at radius 1 is 1.28 bits per heavy atom. The summed E-state index contributed by atoms with van der Waals surface area (Å²) in [6.45, 7) is 11.2. The number of rotatable bonds is 6. The van der Waals surface area contributed by atoms with Crippen molar-refractivity contribution in [3.63, 3.8) is 0 Å². The van der Waals surface area contributed by atoms with Gasteiger partial charge in [0.25, 0.3) is 5.91 Å². The molecule has 1 saturated heterocycles. The van der Waals surface area contributed by atoms with Gasteiger partial charge in [0.15, 0.2) is 0 Å². The number of thiophene rings is 2. The molecule has 2 aromatic rings. The lowest BCUT2D eigenvalue weighted by Gasteiger charge is -2.34. The van der Waals surface area contributed by atoms with Gasteiger partial charge in [-0.2, -0.15) is 0 Å². The summed E-state index contributed by atoms with van der Waals surface area (Å²) >= 11 is 3.03. The van der Waals surface area contributed by atoms with Crippen molar-refractivity contribution in [2.24, 2.45) is 5.41 Å². The smallest absolute Gasteiger partial charge is 0.261 e. The van der Waals surface area contributed by atoms with Crippen LogP contribution in [0.25, 0.3) is 0 Å². The molecule has 0 saturated carbocycles. The minimum atomic E-state index is -0.480. The highest BCUT2D eigenvalue weighted by atomic mass is 32.1. The van der Waals surface area contributed by atoms with Crippen LogP contribution in [-0.2, 0) is 9.53 Å². The number of carbonyl (C=O) groups is 2. The van der Waals surface area contributed by atoms with E-state index in [1.807, 2.05) is 39.8 Å². The molecule has 0 aliphatic carbocycles. The molecule has 29 heavy (non-hydrogen) atoms. The first-order valence-corrected chi connectivity index (χ1v) is 11.5. The summed E-state index contributed by atoms with van der Waals surface area (Å²) in [5.74, 6) is -0.158. The third-order valence-electron chi connectivity index (χ3n) is 4.86. The second-order valence-corrected chi connectivity index (χ2v) is 10.2. The topological polar surface area (TPSA) is 70.7 Å². The van der Waals surface area contributed by atoms with Gasteiger partial charge in [0.1, 0.15) is 0 Å². The number of anilines is 1. The first kappa shape index (κ1) is 22.0. The van der Waals surface area contributed by atoms with Gasteiger partial charge in [-0.3, -0.25) is 14.5 Å². The molecule has 2 amide bonds. The number of carbonyl (C=O) groups excluding carboxylic acids is 2. The van der Waals surface area contributed by atoms with E-state index in [-0.39, 0.29) is 17.9 Å². The van der Waals surface area contributed by atoms with E-state index in [1.54, 1.807) is 11.3 Å². The third kappa shape index (κ3) is 5.66. The largest absolute Gasteiger partial charge is 0.379 e. The summed E-state index contributed by atoms with van der Waals surface area (Å²) in [5.41, 5.74) is 0.391.